The molecular weight excluding hydrogens is 513 g/mol. The monoisotopic (exact) mass is 537 g/mol. The first-order chi connectivity index (χ1) is 17.2. The van der Waals surface area contributed by atoms with Gasteiger partial charge in [0.1, 0.15) is 0 Å². The fourth-order valence-corrected chi connectivity index (χ4v) is 4.62. The minimum absolute atomic E-state index is 0.0569. The lowest BCUT2D eigenvalue weighted by atomic mass is 9.87. The Balaban J connectivity index is 1.51. The minimum Gasteiger partial charge on any atom is -0.272 e. The highest BCUT2D eigenvalue weighted by atomic mass is 35.5. The zero-order chi connectivity index (χ0) is 25.7. The molecule has 1 heterocycles. The predicted molar refractivity (Wildman–Crippen MR) is 148 cm³/mol. The van der Waals surface area contributed by atoms with Crippen LogP contribution in [-0.2, 0) is 10.2 Å². The Morgan fingerprint density at radius 2 is 1.75 bits per heavy atom. The van der Waals surface area contributed by atoms with Crippen LogP contribution in [0.1, 0.15) is 31.9 Å². The largest absolute Gasteiger partial charge is 0.272 e. The van der Waals surface area contributed by atoms with Crippen molar-refractivity contribution in [2.75, 3.05) is 5.75 Å². The van der Waals surface area contributed by atoms with Crippen molar-refractivity contribution in [1.29, 1.82) is 0 Å². The Morgan fingerprint density at radius 1 is 1.03 bits per heavy atom. The van der Waals surface area contributed by atoms with Crippen molar-refractivity contribution < 1.29 is 4.79 Å². The Morgan fingerprint density at radius 3 is 2.42 bits per heavy atom. The molecule has 3 aromatic carbocycles. The molecule has 1 amide bonds. The molecule has 4 aromatic rings. The van der Waals surface area contributed by atoms with Crippen LogP contribution < -0.4 is 5.43 Å². The Labute approximate surface area is 224 Å². The first-order valence-electron chi connectivity index (χ1n) is 11.2. The number of amides is 1. The van der Waals surface area contributed by atoms with E-state index in [1.165, 1.54) is 23.5 Å². The van der Waals surface area contributed by atoms with Gasteiger partial charge in [0.15, 0.2) is 11.0 Å². The number of hydrogen-bond acceptors (Lipinski definition) is 5. The summed E-state index contributed by atoms with van der Waals surface area (Å²) >= 11 is 13.3. The Hall–Kier alpha value is -3.13. The molecule has 0 radical (unpaired) electrons. The molecule has 1 N–H and O–H groups in total. The van der Waals surface area contributed by atoms with Crippen LogP contribution in [0.4, 0.5) is 0 Å². The predicted octanol–water partition coefficient (Wildman–Crippen LogP) is 6.78. The van der Waals surface area contributed by atoms with Gasteiger partial charge in [0.25, 0.3) is 5.91 Å². The lowest BCUT2D eigenvalue weighted by molar-refractivity contribution is -0.118. The maximum absolute atomic E-state index is 12.4. The second-order valence-corrected chi connectivity index (χ2v) is 10.8. The van der Waals surface area contributed by atoms with E-state index in [2.05, 4.69) is 65.8 Å². The van der Waals surface area contributed by atoms with Crippen LogP contribution >= 0.6 is 35.0 Å². The van der Waals surface area contributed by atoms with Crippen LogP contribution in [0.15, 0.2) is 83.1 Å². The molecule has 0 bridgehead atoms. The van der Waals surface area contributed by atoms with E-state index < -0.39 is 0 Å². The van der Waals surface area contributed by atoms with Gasteiger partial charge in [-0.25, -0.2) is 5.43 Å². The van der Waals surface area contributed by atoms with Crippen molar-refractivity contribution in [1.82, 2.24) is 20.2 Å². The van der Waals surface area contributed by atoms with Gasteiger partial charge in [0.2, 0.25) is 0 Å². The molecule has 0 fully saturated rings. The van der Waals surface area contributed by atoms with Gasteiger partial charge in [0.05, 0.1) is 17.0 Å². The van der Waals surface area contributed by atoms with Crippen LogP contribution in [0.2, 0.25) is 10.0 Å². The summed E-state index contributed by atoms with van der Waals surface area (Å²) in [6, 6.07) is 23.2. The van der Waals surface area contributed by atoms with E-state index in [0.29, 0.717) is 26.6 Å². The highest BCUT2D eigenvalue weighted by Crippen LogP contribution is 2.30. The topological polar surface area (TPSA) is 72.2 Å². The number of aromatic nitrogens is 3. The summed E-state index contributed by atoms with van der Waals surface area (Å²) in [5, 5.41) is 14.4. The SMILES string of the molecule is CC(C)(C)c1ccc(-c2nnc(SCC(=O)N/N=C\c3ccc(Cl)cc3Cl)n2-c2ccccc2)cc1. The summed E-state index contributed by atoms with van der Waals surface area (Å²) in [6.07, 6.45) is 1.48. The number of carbonyl (C=O) groups is 1. The van der Waals surface area contributed by atoms with E-state index in [1.807, 2.05) is 34.9 Å². The van der Waals surface area contributed by atoms with Gasteiger partial charge in [-0.15, -0.1) is 10.2 Å². The van der Waals surface area contributed by atoms with Crippen molar-refractivity contribution in [3.05, 3.63) is 94.0 Å². The van der Waals surface area contributed by atoms with Gasteiger partial charge < -0.3 is 0 Å². The highest BCUT2D eigenvalue weighted by molar-refractivity contribution is 7.99. The summed E-state index contributed by atoms with van der Waals surface area (Å²) in [7, 11) is 0. The third kappa shape index (κ3) is 6.35. The maximum Gasteiger partial charge on any atom is 0.250 e. The summed E-state index contributed by atoms with van der Waals surface area (Å²) in [4.78, 5) is 12.4. The van der Waals surface area contributed by atoms with Crippen LogP contribution in [0.25, 0.3) is 17.1 Å². The van der Waals surface area contributed by atoms with Gasteiger partial charge in [-0.3, -0.25) is 9.36 Å². The van der Waals surface area contributed by atoms with Crippen molar-refractivity contribution >= 4 is 47.1 Å². The first kappa shape index (κ1) is 25.9. The summed E-state index contributed by atoms with van der Waals surface area (Å²) in [6.45, 7) is 6.55. The molecule has 0 saturated carbocycles. The fourth-order valence-electron chi connectivity index (χ4n) is 3.42. The van der Waals surface area contributed by atoms with E-state index in [4.69, 9.17) is 23.2 Å². The average Bonchev–Trinajstić information content (AvgIpc) is 3.28. The number of carbonyl (C=O) groups excluding carboxylic acids is 1. The average molecular weight is 539 g/mol. The normalized spacial score (nSPS) is 11.7. The molecular formula is C27H25Cl2N5OS. The smallest absolute Gasteiger partial charge is 0.250 e. The van der Waals surface area contributed by atoms with Crippen molar-refractivity contribution in [2.24, 2.45) is 5.10 Å². The number of nitrogens with zero attached hydrogens (tertiary/aromatic N) is 4. The van der Waals surface area contributed by atoms with Gasteiger partial charge in [-0.2, -0.15) is 5.10 Å². The summed E-state index contributed by atoms with van der Waals surface area (Å²) in [5.41, 5.74) is 6.33. The zero-order valence-corrected chi connectivity index (χ0v) is 22.4. The minimum atomic E-state index is -0.278. The summed E-state index contributed by atoms with van der Waals surface area (Å²) < 4.78 is 1.96. The van der Waals surface area contributed by atoms with E-state index in [1.54, 1.807) is 18.2 Å². The Kier molecular flexibility index (Phi) is 8.14. The zero-order valence-electron chi connectivity index (χ0n) is 20.1. The molecule has 4 rings (SSSR count). The molecule has 6 nitrogen and oxygen atoms in total. The van der Waals surface area contributed by atoms with Crippen LogP contribution in [0.5, 0.6) is 0 Å². The van der Waals surface area contributed by atoms with E-state index in [0.717, 1.165) is 11.3 Å². The third-order valence-electron chi connectivity index (χ3n) is 5.34. The van der Waals surface area contributed by atoms with Crippen LogP contribution in [0, 0.1) is 0 Å². The standard InChI is InChI=1S/C27H25Cl2N5OS/c1-27(2,3)20-12-9-18(10-13-20)25-32-33-26(34(25)22-7-5-4-6-8-22)36-17-24(35)31-30-16-19-11-14-21(28)15-23(19)29/h4-16H,17H2,1-3H3,(H,31,35)/b30-16-. The number of thioether (sulfide) groups is 1. The highest BCUT2D eigenvalue weighted by Gasteiger charge is 2.19. The second kappa shape index (κ2) is 11.3. The molecule has 0 aliphatic carbocycles. The molecule has 36 heavy (non-hydrogen) atoms. The molecule has 0 aliphatic rings. The fraction of sp³-hybridized carbons (Fsp3) is 0.185. The number of nitrogens with one attached hydrogen (secondary N) is 1. The van der Waals surface area contributed by atoms with Gasteiger partial charge >= 0.3 is 0 Å². The second-order valence-electron chi connectivity index (χ2n) is 9.05. The van der Waals surface area contributed by atoms with Gasteiger partial charge in [0, 0.05) is 21.8 Å². The number of hydrazone groups is 1. The molecule has 184 valence electrons. The lowest BCUT2D eigenvalue weighted by Crippen LogP contribution is -2.20. The third-order valence-corrected chi connectivity index (χ3v) is 6.84. The quantitative estimate of drug-likeness (QED) is 0.160. The number of rotatable bonds is 7. The molecule has 9 heteroatoms. The number of benzene rings is 3. The molecule has 0 saturated heterocycles. The summed E-state index contributed by atoms with van der Waals surface area (Å²) in [5.74, 6) is 0.541. The van der Waals surface area contributed by atoms with Gasteiger partial charge in [-0.1, -0.05) is 104 Å². The molecule has 0 aliphatic heterocycles. The van der Waals surface area contributed by atoms with Gasteiger partial charge in [-0.05, 0) is 35.2 Å². The lowest BCUT2D eigenvalue weighted by Gasteiger charge is -2.19. The molecule has 0 spiro atoms. The van der Waals surface area contributed by atoms with Crippen LogP contribution in [0.3, 0.4) is 0 Å². The first-order valence-corrected chi connectivity index (χ1v) is 13.0. The molecule has 0 unspecified atom stereocenters. The number of hydrogen-bond donors (Lipinski definition) is 1. The molecule has 1 aromatic heterocycles. The Bertz CT molecular complexity index is 1380. The van der Waals surface area contributed by atoms with Crippen molar-refractivity contribution in [3.8, 4) is 17.1 Å². The van der Waals surface area contributed by atoms with Crippen LogP contribution in [-0.4, -0.2) is 32.6 Å². The van der Waals surface area contributed by atoms with E-state index in [-0.39, 0.29) is 17.1 Å². The van der Waals surface area contributed by atoms with Crippen molar-refractivity contribution in [2.45, 2.75) is 31.3 Å². The maximum atomic E-state index is 12.4. The van der Waals surface area contributed by atoms with Crippen molar-refractivity contribution in [3.63, 3.8) is 0 Å². The van der Waals surface area contributed by atoms with E-state index in [9.17, 15) is 4.79 Å². The van der Waals surface area contributed by atoms with E-state index >= 15 is 0 Å². The number of halogens is 2. The molecule has 0 atom stereocenters. The number of para-hydroxylation sites is 1.